The smallest absolute Gasteiger partial charge is 0.338 e. The Morgan fingerprint density at radius 2 is 1.06 bits per heavy atom. The van der Waals surface area contributed by atoms with Gasteiger partial charge in [-0.1, -0.05) is 83.9 Å². The number of aliphatic imine (C=N–C) groups is 2. The van der Waals surface area contributed by atoms with Crippen molar-refractivity contribution in [3.8, 4) is 22.4 Å². The standard InChI is InChI=1S/C35H30ClFN6O5S.C33H29ClFN7O4S2/c1-48-34(46)29-28(39-31(32-38-12-15-49-32)40-30(29)26-11-8-23(37)16-27(26)36)19-41-13-14-42-25(17-41)18-43(35(42)47)24-9-6-21(7-10-24)20-2-4-22(5-3-20)33(44)45;1-18(43)19-3-5-20(6-4-19)26-17-48-32(38-26)42-15-22-14-40(10-11-41(22)33(42)45)16-25-27(31(44)46-2)28(23-8-7-21(35)13-24(23)34)39-29(37-25)30-36-9-12-47-30/h2-12,15-16,25,30H,13-14,17-19H2,1H3,(H,39,40)(H,44,45);3-9,12-13,17,22,28H,10-11,14-16H2,1-2H3,(H,37,39)/t25-,30-;22-,28-/m00/s1. The van der Waals surface area contributed by atoms with Gasteiger partial charge in [-0.2, -0.15) is 0 Å². The maximum Gasteiger partial charge on any atom is 0.338 e. The second-order valence-corrected chi connectivity index (χ2v) is 26.8. The van der Waals surface area contributed by atoms with Crippen molar-refractivity contribution in [2.75, 3.05) is 89.5 Å². The van der Waals surface area contributed by atoms with Crippen LogP contribution in [0, 0.1) is 11.6 Å². The minimum Gasteiger partial charge on any atom is -0.478 e. The molecule has 97 heavy (non-hydrogen) atoms. The van der Waals surface area contributed by atoms with Gasteiger partial charge in [0.05, 0.1) is 55.3 Å². The van der Waals surface area contributed by atoms with Crippen molar-refractivity contribution in [1.82, 2.24) is 45.2 Å². The van der Waals surface area contributed by atoms with Crippen molar-refractivity contribution < 1.29 is 52.1 Å². The Labute approximate surface area is 576 Å². The van der Waals surface area contributed by atoms with Crippen molar-refractivity contribution in [3.63, 3.8) is 0 Å². The zero-order valence-electron chi connectivity index (χ0n) is 52.0. The summed E-state index contributed by atoms with van der Waals surface area (Å²) in [7, 11) is 2.61. The van der Waals surface area contributed by atoms with Crippen LogP contribution in [0.2, 0.25) is 10.0 Å². The number of thiazole rings is 3. The fourth-order valence-electron chi connectivity index (χ4n) is 12.6. The van der Waals surface area contributed by atoms with E-state index in [2.05, 4.69) is 30.4 Å². The van der Waals surface area contributed by atoms with E-state index < -0.39 is 41.6 Å². The molecule has 6 aliphatic heterocycles. The van der Waals surface area contributed by atoms with Gasteiger partial charge in [-0.05, 0) is 66.6 Å². The highest BCUT2D eigenvalue weighted by molar-refractivity contribution is 7.14. The van der Waals surface area contributed by atoms with Gasteiger partial charge < -0.3 is 35.0 Å². The molecular weight excluding hydrogens is 1350 g/mol. The van der Waals surface area contributed by atoms with Crippen LogP contribution in [-0.2, 0) is 19.1 Å². The molecular formula is C68H59Cl2F2N13O9S3. The molecule has 0 saturated carbocycles. The number of esters is 2. The number of carboxylic acid groups (broad SMARTS) is 1. The van der Waals surface area contributed by atoms with Crippen LogP contribution in [0.3, 0.4) is 0 Å². The Bertz CT molecular complexity index is 4520. The number of aromatic carboxylic acids is 1. The second-order valence-electron chi connectivity index (χ2n) is 23.3. The first kappa shape index (κ1) is 66.0. The molecule has 0 aliphatic carbocycles. The van der Waals surface area contributed by atoms with Gasteiger partial charge in [-0.15, -0.1) is 34.0 Å². The summed E-state index contributed by atoms with van der Waals surface area (Å²) in [4.78, 5) is 111. The summed E-state index contributed by atoms with van der Waals surface area (Å²) in [6.45, 7) is 6.36. The summed E-state index contributed by atoms with van der Waals surface area (Å²) in [5.74, 6) is -2.22. The van der Waals surface area contributed by atoms with Gasteiger partial charge in [0.15, 0.2) is 32.6 Å². The van der Waals surface area contributed by atoms with E-state index in [-0.39, 0.29) is 56.7 Å². The number of hydrogen-bond acceptors (Lipinski definition) is 20. The summed E-state index contributed by atoms with van der Waals surface area (Å²) in [5, 5.41) is 23.5. The molecule has 4 amide bonds. The second kappa shape index (κ2) is 28.2. The van der Waals surface area contributed by atoms with Gasteiger partial charge in [0.25, 0.3) is 0 Å². The molecule has 0 spiro atoms. The lowest BCUT2D eigenvalue weighted by Gasteiger charge is -2.38. The van der Waals surface area contributed by atoms with Crippen LogP contribution in [0.15, 0.2) is 170 Å². The molecule has 22 nitrogen and oxygen atoms in total. The first-order valence-corrected chi connectivity index (χ1v) is 33.9. The zero-order valence-corrected chi connectivity index (χ0v) is 56.0. The molecule has 6 aliphatic rings. The monoisotopic (exact) mass is 1410 g/mol. The topological polar surface area (TPSA) is 248 Å². The highest BCUT2D eigenvalue weighted by Crippen LogP contribution is 2.41. The third-order valence-corrected chi connectivity index (χ3v) is 20.5. The van der Waals surface area contributed by atoms with E-state index in [0.29, 0.717) is 120 Å². The number of halogens is 4. The molecule has 0 radical (unpaired) electrons. The molecule has 3 aromatic heterocycles. The van der Waals surface area contributed by atoms with Crippen molar-refractivity contribution in [2.24, 2.45) is 9.98 Å². The SMILES string of the molecule is COC(=O)C1=C(CN2CCN3C(=O)N(c4ccc(-c5ccc(C(=O)O)cc5)cc4)C[C@@H]3C2)NC(c2nccs2)=N[C@H]1c1ccc(F)cc1Cl.COC(=O)C1=C(CN2CCN3C(=O)N(c4nc(-c5ccc(C(C)=O)cc5)cs4)C[C@@H]3C2)NC(c2nccs2)=N[C@H]1c1ccc(F)cc1Cl. The Morgan fingerprint density at radius 1 is 0.598 bits per heavy atom. The molecule has 14 rings (SSSR count). The van der Waals surface area contributed by atoms with E-state index in [0.717, 1.165) is 28.1 Å². The fourth-order valence-corrected chi connectivity index (χ4v) is 15.2. The van der Waals surface area contributed by atoms with Crippen molar-refractivity contribution >= 4 is 115 Å². The number of amidine groups is 2. The summed E-state index contributed by atoms with van der Waals surface area (Å²) in [5.41, 5.74) is 7.61. The van der Waals surface area contributed by atoms with E-state index in [4.69, 9.17) is 47.6 Å². The van der Waals surface area contributed by atoms with Crippen LogP contribution < -0.4 is 20.4 Å². The van der Waals surface area contributed by atoms with Crippen LogP contribution in [0.25, 0.3) is 22.4 Å². The number of nitrogens with zero attached hydrogens (tertiary/aromatic N) is 11. The predicted molar refractivity (Wildman–Crippen MR) is 366 cm³/mol. The number of aromatic nitrogens is 3. The van der Waals surface area contributed by atoms with E-state index >= 15 is 0 Å². The average molecular weight is 1410 g/mol. The number of carbonyl (C=O) groups is 6. The summed E-state index contributed by atoms with van der Waals surface area (Å²) in [6.07, 6.45) is 3.33. The lowest BCUT2D eigenvalue weighted by molar-refractivity contribution is -0.137. The number of carbonyl (C=O) groups excluding carboxylic acids is 5. The number of fused-ring (bicyclic) bond motifs is 2. The molecule has 8 aromatic rings. The number of rotatable bonds is 16. The highest BCUT2D eigenvalue weighted by atomic mass is 35.5. The van der Waals surface area contributed by atoms with E-state index in [1.807, 2.05) is 62.3 Å². The Balaban J connectivity index is 0.000000175. The minimum absolute atomic E-state index is 0.00357. The maximum absolute atomic E-state index is 14.0. The van der Waals surface area contributed by atoms with Crippen LogP contribution in [0.1, 0.15) is 60.9 Å². The minimum atomic E-state index is -0.978. The van der Waals surface area contributed by atoms with E-state index in [1.54, 1.807) is 58.6 Å². The Morgan fingerprint density at radius 3 is 1.52 bits per heavy atom. The van der Waals surface area contributed by atoms with Gasteiger partial charge in [-0.3, -0.25) is 34.4 Å². The fraction of sp³-hybridized carbons (Fsp3) is 0.250. The van der Waals surface area contributed by atoms with Gasteiger partial charge >= 0.3 is 30.0 Å². The number of ether oxygens (including phenoxy) is 2. The highest BCUT2D eigenvalue weighted by Gasteiger charge is 2.45. The van der Waals surface area contributed by atoms with Crippen LogP contribution in [0.4, 0.5) is 29.2 Å². The number of hydrogen-bond donors (Lipinski definition) is 3. The third-order valence-electron chi connectivity index (χ3n) is 17.4. The normalized spacial score (nSPS) is 19.5. The zero-order chi connectivity index (χ0) is 67.8. The first-order chi connectivity index (χ1) is 46.9. The third kappa shape index (κ3) is 13.8. The number of urea groups is 2. The number of methoxy groups -OCH3 is 2. The van der Waals surface area contributed by atoms with Crippen molar-refractivity contribution in [3.05, 3.63) is 214 Å². The summed E-state index contributed by atoms with van der Waals surface area (Å²) < 4.78 is 38.5. The largest absolute Gasteiger partial charge is 0.478 e. The van der Waals surface area contributed by atoms with Crippen LogP contribution in [-0.4, -0.2) is 179 Å². The van der Waals surface area contributed by atoms with Crippen LogP contribution >= 0.6 is 57.2 Å². The average Bonchev–Trinajstić information content (AvgIpc) is 1.72. The molecule has 0 unspecified atom stereocenters. The number of carboxylic acids is 1. The quantitative estimate of drug-likeness (QED) is 0.0601. The number of anilines is 2. The van der Waals surface area contributed by atoms with Crippen molar-refractivity contribution in [2.45, 2.75) is 31.1 Å². The molecule has 5 aromatic carbocycles. The van der Waals surface area contributed by atoms with Crippen LogP contribution in [0.5, 0.6) is 0 Å². The van der Waals surface area contributed by atoms with Crippen molar-refractivity contribution in [1.29, 1.82) is 0 Å². The van der Waals surface area contributed by atoms with E-state index in [1.165, 1.54) is 91.6 Å². The maximum atomic E-state index is 14.0. The molecule has 3 N–H and O–H groups in total. The molecule has 4 fully saturated rings. The lowest BCUT2D eigenvalue weighted by Crippen LogP contribution is -2.53. The summed E-state index contributed by atoms with van der Waals surface area (Å²) >= 11 is 17.2. The molecule has 0 bridgehead atoms. The van der Waals surface area contributed by atoms with Gasteiger partial charge in [0.1, 0.15) is 23.7 Å². The summed E-state index contributed by atoms with van der Waals surface area (Å²) in [6, 6.07) is 27.5. The Kier molecular flexibility index (Phi) is 19.2. The number of piperazine rings is 2. The van der Waals surface area contributed by atoms with Gasteiger partial charge in [-0.25, -0.2) is 47.7 Å². The Hall–Kier alpha value is -9.61. The molecule has 4 saturated heterocycles. The number of Topliss-reactive ketones (excluding diaryl/α,β-unsaturated/α-hetero) is 1. The number of amides is 4. The van der Waals surface area contributed by atoms with Gasteiger partial charge in [0.2, 0.25) is 0 Å². The predicted octanol–water partition coefficient (Wildman–Crippen LogP) is 10.9. The molecule has 9 heterocycles. The molecule has 29 heteroatoms. The number of nitrogens with one attached hydrogen (secondary N) is 2. The first-order valence-electron chi connectivity index (χ1n) is 30.5. The van der Waals surface area contributed by atoms with Gasteiger partial charge in [0, 0.05) is 137 Å². The van der Waals surface area contributed by atoms with E-state index in [9.17, 15) is 42.7 Å². The lowest BCUT2D eigenvalue weighted by atomic mass is 9.95. The molecule has 4 atom stereocenters. The number of ketones is 1. The molecule has 496 valence electrons. The number of benzene rings is 5.